The third-order valence-electron chi connectivity index (χ3n) is 4.56. The van der Waals surface area contributed by atoms with Crippen LogP contribution in [0.2, 0.25) is 10.2 Å². The number of aromatic nitrogens is 3. The summed E-state index contributed by atoms with van der Waals surface area (Å²) in [6.07, 6.45) is 2.64. The van der Waals surface area contributed by atoms with E-state index in [1.165, 1.54) is 11.1 Å². The number of benzene rings is 1. The third kappa shape index (κ3) is 4.96. The zero-order valence-electron chi connectivity index (χ0n) is 14.7. The smallest absolute Gasteiger partial charge is 0.208 e. The Morgan fingerprint density at radius 1 is 0.889 bits per heavy atom. The van der Waals surface area contributed by atoms with Crippen LogP contribution in [-0.4, -0.2) is 46.3 Å². The van der Waals surface area contributed by atoms with Gasteiger partial charge >= 0.3 is 0 Å². The summed E-state index contributed by atoms with van der Waals surface area (Å²) >= 11 is 13.5. The number of piperazine rings is 1. The van der Waals surface area contributed by atoms with Gasteiger partial charge in [0.25, 0.3) is 0 Å². The third-order valence-corrected chi connectivity index (χ3v) is 6.02. The van der Waals surface area contributed by atoms with Crippen molar-refractivity contribution in [3.63, 3.8) is 0 Å². The summed E-state index contributed by atoms with van der Waals surface area (Å²) in [5, 5.41) is 12.1. The molecule has 0 amide bonds. The van der Waals surface area contributed by atoms with Crippen molar-refractivity contribution in [3.8, 4) is 0 Å². The summed E-state index contributed by atoms with van der Waals surface area (Å²) in [7, 11) is 0. The van der Waals surface area contributed by atoms with Crippen LogP contribution in [0.1, 0.15) is 16.1 Å². The van der Waals surface area contributed by atoms with Gasteiger partial charge in [0.1, 0.15) is 10.2 Å². The average molecular weight is 420 g/mol. The van der Waals surface area contributed by atoms with Crippen LogP contribution in [0, 0.1) is 0 Å². The molecule has 1 aliphatic rings. The first-order valence-corrected chi connectivity index (χ1v) is 10.4. The molecule has 4 rings (SSSR count). The van der Waals surface area contributed by atoms with Gasteiger partial charge in [0.2, 0.25) is 5.13 Å². The summed E-state index contributed by atoms with van der Waals surface area (Å²) < 4.78 is 0. The number of halogens is 2. The van der Waals surface area contributed by atoms with E-state index in [0.29, 0.717) is 5.15 Å². The van der Waals surface area contributed by atoms with E-state index in [4.69, 9.17) is 23.2 Å². The Hall–Kier alpha value is -1.73. The summed E-state index contributed by atoms with van der Waals surface area (Å²) in [5.41, 5.74) is 2.39. The van der Waals surface area contributed by atoms with E-state index in [2.05, 4.69) is 25.0 Å². The molecule has 1 aromatic carbocycles. The van der Waals surface area contributed by atoms with Gasteiger partial charge in [0.15, 0.2) is 0 Å². The van der Waals surface area contributed by atoms with Crippen molar-refractivity contribution in [2.24, 2.45) is 0 Å². The summed E-state index contributed by atoms with van der Waals surface area (Å²) in [6.45, 7) is 4.80. The highest BCUT2D eigenvalue weighted by atomic mass is 35.5. The minimum Gasteiger partial charge on any atom is -0.344 e. The van der Waals surface area contributed by atoms with Crippen molar-refractivity contribution >= 4 is 39.7 Å². The fourth-order valence-corrected chi connectivity index (χ4v) is 4.24. The molecule has 1 fully saturated rings. The number of pyridine rings is 1. The molecule has 0 unspecified atom stereocenters. The van der Waals surface area contributed by atoms with Gasteiger partial charge in [-0.1, -0.05) is 52.7 Å². The zero-order chi connectivity index (χ0) is 18.6. The lowest BCUT2D eigenvalue weighted by Crippen LogP contribution is -2.45. The molecule has 0 spiro atoms. The maximum Gasteiger partial charge on any atom is 0.208 e. The quantitative estimate of drug-likeness (QED) is 0.581. The Balaban J connectivity index is 1.31. The first-order chi connectivity index (χ1) is 13.2. The van der Waals surface area contributed by atoms with Crippen LogP contribution in [0.15, 0.2) is 42.6 Å². The minimum absolute atomic E-state index is 0.536. The predicted molar refractivity (Wildman–Crippen MR) is 111 cm³/mol. The lowest BCUT2D eigenvalue weighted by atomic mass is 10.2. The molecule has 0 bridgehead atoms. The Kier molecular flexibility index (Phi) is 5.88. The molecule has 140 valence electrons. The molecule has 1 aliphatic heterocycles. The van der Waals surface area contributed by atoms with Crippen LogP contribution in [0.25, 0.3) is 0 Å². The van der Waals surface area contributed by atoms with Gasteiger partial charge in [-0.05, 0) is 29.3 Å². The summed E-state index contributed by atoms with van der Waals surface area (Å²) in [4.78, 5) is 8.90. The molecule has 27 heavy (non-hydrogen) atoms. The normalized spacial score (nSPS) is 15.3. The predicted octanol–water partition coefficient (Wildman–Crippen LogP) is 4.15. The lowest BCUT2D eigenvalue weighted by Gasteiger charge is -2.34. The van der Waals surface area contributed by atoms with Crippen molar-refractivity contribution in [1.82, 2.24) is 20.1 Å². The van der Waals surface area contributed by atoms with Gasteiger partial charge in [-0.25, -0.2) is 4.98 Å². The van der Waals surface area contributed by atoms with Crippen molar-refractivity contribution < 1.29 is 0 Å². The van der Waals surface area contributed by atoms with Gasteiger partial charge in [0.05, 0.1) is 0 Å². The Bertz CT molecular complexity index is 874. The first kappa shape index (κ1) is 18.6. The molecule has 3 aromatic rings. The van der Waals surface area contributed by atoms with Gasteiger partial charge in [0, 0.05) is 50.4 Å². The fraction of sp³-hybridized carbons (Fsp3) is 0.316. The molecular formula is C19H19Cl2N5S. The number of hydrogen-bond donors (Lipinski definition) is 0. The average Bonchev–Trinajstić information content (AvgIpc) is 3.15. The van der Waals surface area contributed by atoms with Crippen molar-refractivity contribution in [1.29, 1.82) is 0 Å². The summed E-state index contributed by atoms with van der Waals surface area (Å²) in [6, 6.07) is 11.8. The minimum atomic E-state index is 0.536. The maximum atomic E-state index is 5.94. The second-order valence-electron chi connectivity index (χ2n) is 6.53. The second-order valence-corrected chi connectivity index (χ2v) is 8.40. The molecule has 3 heterocycles. The molecule has 0 N–H and O–H groups in total. The van der Waals surface area contributed by atoms with Crippen molar-refractivity contribution in [3.05, 3.63) is 68.9 Å². The van der Waals surface area contributed by atoms with E-state index in [1.54, 1.807) is 11.3 Å². The van der Waals surface area contributed by atoms with Crippen LogP contribution < -0.4 is 4.90 Å². The van der Waals surface area contributed by atoms with Gasteiger partial charge in [-0.3, -0.25) is 4.90 Å². The molecule has 0 saturated carbocycles. The Morgan fingerprint density at radius 2 is 1.63 bits per heavy atom. The lowest BCUT2D eigenvalue weighted by molar-refractivity contribution is 0.249. The molecule has 0 radical (unpaired) electrons. The molecule has 2 aromatic heterocycles. The number of rotatable bonds is 5. The Labute approximate surface area is 172 Å². The van der Waals surface area contributed by atoms with E-state index >= 15 is 0 Å². The van der Waals surface area contributed by atoms with Crippen LogP contribution in [0.4, 0.5) is 5.13 Å². The zero-order valence-corrected chi connectivity index (χ0v) is 17.0. The SMILES string of the molecule is Clc1ccc(Cc2nnc(N3CCN(Cc4ccc(Cl)nc4)CC3)s2)cc1. The van der Waals surface area contributed by atoms with Gasteiger partial charge < -0.3 is 4.90 Å². The van der Waals surface area contributed by atoms with E-state index in [1.807, 2.05) is 42.6 Å². The summed E-state index contributed by atoms with van der Waals surface area (Å²) in [5.74, 6) is 0. The van der Waals surface area contributed by atoms with E-state index in [9.17, 15) is 0 Å². The molecule has 5 nitrogen and oxygen atoms in total. The number of hydrogen-bond acceptors (Lipinski definition) is 6. The van der Waals surface area contributed by atoms with Gasteiger partial charge in [-0.15, -0.1) is 10.2 Å². The van der Waals surface area contributed by atoms with Crippen molar-refractivity contribution in [2.45, 2.75) is 13.0 Å². The highest BCUT2D eigenvalue weighted by Gasteiger charge is 2.20. The van der Waals surface area contributed by atoms with Crippen LogP contribution >= 0.6 is 34.5 Å². The van der Waals surface area contributed by atoms with Crippen LogP contribution in [0.3, 0.4) is 0 Å². The van der Waals surface area contributed by atoms with Gasteiger partial charge in [-0.2, -0.15) is 0 Å². The van der Waals surface area contributed by atoms with E-state index in [0.717, 1.165) is 54.3 Å². The van der Waals surface area contributed by atoms with E-state index in [-0.39, 0.29) is 0 Å². The molecule has 0 atom stereocenters. The fourth-order valence-electron chi connectivity index (χ4n) is 3.08. The molecule has 0 aliphatic carbocycles. The maximum absolute atomic E-state index is 5.94. The second kappa shape index (κ2) is 8.52. The molecule has 8 heteroatoms. The van der Waals surface area contributed by atoms with Crippen LogP contribution in [0.5, 0.6) is 0 Å². The first-order valence-electron chi connectivity index (χ1n) is 8.80. The van der Waals surface area contributed by atoms with Crippen LogP contribution in [-0.2, 0) is 13.0 Å². The highest BCUT2D eigenvalue weighted by Crippen LogP contribution is 2.24. The standard InChI is InChI=1S/C19H19Cl2N5S/c20-16-4-1-14(2-5-16)11-18-23-24-19(27-18)26-9-7-25(8-10-26)13-15-3-6-17(21)22-12-15/h1-6,12H,7-11,13H2. The monoisotopic (exact) mass is 419 g/mol. The topological polar surface area (TPSA) is 45.2 Å². The molecular weight excluding hydrogens is 401 g/mol. The number of anilines is 1. The molecule has 1 saturated heterocycles. The largest absolute Gasteiger partial charge is 0.344 e. The Morgan fingerprint density at radius 3 is 2.33 bits per heavy atom. The highest BCUT2D eigenvalue weighted by molar-refractivity contribution is 7.15. The van der Waals surface area contributed by atoms with Crippen molar-refractivity contribution in [2.75, 3.05) is 31.1 Å². The van der Waals surface area contributed by atoms with E-state index < -0.39 is 0 Å². The number of nitrogens with zero attached hydrogens (tertiary/aromatic N) is 5.